The molecule has 1 aromatic heterocycles. The number of rotatable bonds is 3. The van der Waals surface area contributed by atoms with Crippen LogP contribution in [0.5, 0.6) is 0 Å². The van der Waals surface area contributed by atoms with Crippen LogP contribution >= 0.6 is 0 Å². The van der Waals surface area contributed by atoms with Gasteiger partial charge in [-0.2, -0.15) is 0 Å². The lowest BCUT2D eigenvalue weighted by Crippen LogP contribution is -2.33. The van der Waals surface area contributed by atoms with Crippen molar-refractivity contribution >= 4 is 11.6 Å². The molecule has 1 aromatic carbocycles. The molecule has 1 atom stereocenters. The fourth-order valence-electron chi connectivity index (χ4n) is 4.97. The molecule has 0 aliphatic carbocycles. The molecule has 0 radical (unpaired) electrons. The van der Waals surface area contributed by atoms with Gasteiger partial charge in [0.25, 0.3) is 5.91 Å². The summed E-state index contributed by atoms with van der Waals surface area (Å²) in [6.45, 7) is 5.71. The summed E-state index contributed by atoms with van der Waals surface area (Å²) in [5.41, 5.74) is 1.96. The quantitative estimate of drug-likeness (QED) is 0.866. The molecule has 1 amide bonds. The number of aromatic nitrogens is 3. The fraction of sp³-hybridized carbons (Fsp3) is 0.591. The molecule has 3 aliphatic rings. The summed E-state index contributed by atoms with van der Waals surface area (Å²) in [6, 6.07) is 8.23. The number of hydrogen-bond donors (Lipinski definition) is 1. The van der Waals surface area contributed by atoms with E-state index < -0.39 is 0 Å². The first-order valence-corrected chi connectivity index (χ1v) is 11.1. The van der Waals surface area contributed by atoms with E-state index >= 15 is 0 Å². The third kappa shape index (κ3) is 3.64. The maximum Gasteiger partial charge on any atom is 0.254 e. The largest absolute Gasteiger partial charge is 0.372 e. The Kier molecular flexibility index (Phi) is 5.23. The van der Waals surface area contributed by atoms with Gasteiger partial charge < -0.3 is 19.7 Å². The molecule has 0 spiro atoms. The second-order valence-corrected chi connectivity index (χ2v) is 8.38. The molecule has 2 fully saturated rings. The van der Waals surface area contributed by atoms with Crippen LogP contribution < -0.4 is 10.2 Å². The van der Waals surface area contributed by atoms with Gasteiger partial charge in [-0.15, -0.1) is 10.2 Å². The maximum absolute atomic E-state index is 13.5. The van der Waals surface area contributed by atoms with Crippen LogP contribution in [0.25, 0.3) is 0 Å². The number of nitrogens with one attached hydrogen (secondary N) is 1. The Morgan fingerprint density at radius 2 is 1.90 bits per heavy atom. The van der Waals surface area contributed by atoms with Crippen LogP contribution in [0.3, 0.4) is 0 Å². The second kappa shape index (κ2) is 8.14. The Balaban J connectivity index is 1.39. The van der Waals surface area contributed by atoms with Crippen LogP contribution in [0.1, 0.15) is 60.2 Å². The smallest absolute Gasteiger partial charge is 0.254 e. The minimum Gasteiger partial charge on any atom is -0.372 e. The molecule has 4 heterocycles. The first-order valence-electron chi connectivity index (χ1n) is 11.1. The lowest BCUT2D eigenvalue weighted by Gasteiger charge is -2.29. The number of nitrogens with zero attached hydrogens (tertiary/aromatic N) is 5. The number of carbonyl (C=O) groups is 1. The van der Waals surface area contributed by atoms with Crippen LogP contribution in [-0.2, 0) is 13.0 Å². The van der Waals surface area contributed by atoms with Gasteiger partial charge in [0.15, 0.2) is 5.82 Å². The molecule has 2 saturated heterocycles. The summed E-state index contributed by atoms with van der Waals surface area (Å²) < 4.78 is 2.24. The summed E-state index contributed by atoms with van der Waals surface area (Å²) in [7, 11) is 0. The normalized spacial score (nSPS) is 22.4. The fourth-order valence-corrected chi connectivity index (χ4v) is 4.97. The van der Waals surface area contributed by atoms with Gasteiger partial charge in [-0.05, 0) is 50.3 Å². The SMILES string of the molecule is O=C(c1cccc(N2CCCCC2)c1)N1CCC[C@@H]1c1nnc2n1CCNCC2. The highest BCUT2D eigenvalue weighted by atomic mass is 16.2. The number of likely N-dealkylation sites (tertiary alicyclic amines) is 1. The highest BCUT2D eigenvalue weighted by Gasteiger charge is 2.35. The number of hydrogen-bond acceptors (Lipinski definition) is 5. The van der Waals surface area contributed by atoms with Gasteiger partial charge in [-0.3, -0.25) is 4.79 Å². The average Bonchev–Trinajstić information content (AvgIpc) is 3.34. The zero-order chi connectivity index (χ0) is 19.6. The number of piperidine rings is 1. The first-order chi connectivity index (χ1) is 14.3. The zero-order valence-electron chi connectivity index (χ0n) is 17.0. The molecule has 154 valence electrons. The Hall–Kier alpha value is -2.41. The summed E-state index contributed by atoms with van der Waals surface area (Å²) in [5.74, 6) is 2.12. The highest BCUT2D eigenvalue weighted by Crippen LogP contribution is 2.33. The van der Waals surface area contributed by atoms with E-state index in [-0.39, 0.29) is 11.9 Å². The Labute approximate surface area is 172 Å². The Bertz CT molecular complexity index is 872. The lowest BCUT2D eigenvalue weighted by atomic mass is 10.1. The van der Waals surface area contributed by atoms with Gasteiger partial charge in [-0.25, -0.2) is 0 Å². The van der Waals surface area contributed by atoms with Gasteiger partial charge in [0.2, 0.25) is 0 Å². The van der Waals surface area contributed by atoms with Crippen LogP contribution in [0.2, 0.25) is 0 Å². The monoisotopic (exact) mass is 394 g/mol. The van der Waals surface area contributed by atoms with Crippen molar-refractivity contribution in [3.63, 3.8) is 0 Å². The van der Waals surface area contributed by atoms with E-state index in [4.69, 9.17) is 0 Å². The first kappa shape index (κ1) is 18.6. The van der Waals surface area contributed by atoms with Gasteiger partial charge in [0.05, 0.1) is 6.04 Å². The summed E-state index contributed by atoms with van der Waals surface area (Å²) in [6.07, 6.45) is 6.65. The zero-order valence-corrected chi connectivity index (χ0v) is 17.0. The van der Waals surface area contributed by atoms with Gasteiger partial charge >= 0.3 is 0 Å². The number of fused-ring (bicyclic) bond motifs is 1. The van der Waals surface area contributed by atoms with Crippen molar-refractivity contribution in [2.75, 3.05) is 37.6 Å². The number of anilines is 1. The third-order valence-corrected chi connectivity index (χ3v) is 6.52. The lowest BCUT2D eigenvalue weighted by molar-refractivity contribution is 0.0727. The number of benzene rings is 1. The molecular weight excluding hydrogens is 364 g/mol. The van der Waals surface area contributed by atoms with E-state index in [2.05, 4.69) is 37.1 Å². The topological polar surface area (TPSA) is 66.3 Å². The molecule has 0 saturated carbocycles. The standard InChI is InChI=1S/C22H30N6O/c29-22(17-6-4-7-18(16-17)26-12-2-1-3-13-26)27-14-5-8-19(27)21-25-24-20-9-10-23-11-15-28(20)21/h4,6-7,16,19,23H,1-3,5,8-15H2/t19-/m1/s1. The van der Waals surface area contributed by atoms with Crippen molar-refractivity contribution in [1.82, 2.24) is 25.0 Å². The predicted molar refractivity (Wildman–Crippen MR) is 112 cm³/mol. The van der Waals surface area contributed by atoms with Crippen LogP contribution in [0.4, 0.5) is 5.69 Å². The van der Waals surface area contributed by atoms with Gasteiger partial charge in [0.1, 0.15) is 5.82 Å². The van der Waals surface area contributed by atoms with Crippen molar-refractivity contribution in [2.24, 2.45) is 0 Å². The summed E-state index contributed by atoms with van der Waals surface area (Å²) >= 11 is 0. The van der Waals surface area contributed by atoms with E-state index in [1.807, 2.05) is 17.0 Å². The van der Waals surface area contributed by atoms with Crippen molar-refractivity contribution in [2.45, 2.75) is 51.1 Å². The molecule has 29 heavy (non-hydrogen) atoms. The molecule has 7 nitrogen and oxygen atoms in total. The summed E-state index contributed by atoms with van der Waals surface area (Å²) in [4.78, 5) is 17.9. The van der Waals surface area contributed by atoms with Crippen LogP contribution in [0.15, 0.2) is 24.3 Å². The van der Waals surface area contributed by atoms with E-state index in [0.717, 1.165) is 75.7 Å². The highest BCUT2D eigenvalue weighted by molar-refractivity contribution is 5.95. The Morgan fingerprint density at radius 1 is 1.00 bits per heavy atom. The molecule has 1 N–H and O–H groups in total. The molecular formula is C22H30N6O. The minimum absolute atomic E-state index is 0.0282. The Morgan fingerprint density at radius 3 is 2.79 bits per heavy atom. The molecule has 7 heteroatoms. The number of amides is 1. The van der Waals surface area contributed by atoms with E-state index in [0.29, 0.717) is 0 Å². The molecule has 3 aliphatic heterocycles. The van der Waals surface area contributed by atoms with Crippen molar-refractivity contribution in [3.8, 4) is 0 Å². The molecule has 0 bridgehead atoms. The van der Waals surface area contributed by atoms with Crippen LogP contribution in [0, 0.1) is 0 Å². The molecule has 2 aromatic rings. The van der Waals surface area contributed by atoms with Crippen molar-refractivity contribution < 1.29 is 4.79 Å². The maximum atomic E-state index is 13.5. The number of carbonyl (C=O) groups excluding carboxylic acids is 1. The minimum atomic E-state index is 0.0282. The van der Waals surface area contributed by atoms with Crippen LogP contribution in [-0.4, -0.2) is 58.3 Å². The van der Waals surface area contributed by atoms with Crippen molar-refractivity contribution in [1.29, 1.82) is 0 Å². The van der Waals surface area contributed by atoms with E-state index in [1.54, 1.807) is 0 Å². The molecule has 5 rings (SSSR count). The second-order valence-electron chi connectivity index (χ2n) is 8.38. The third-order valence-electron chi connectivity index (χ3n) is 6.52. The summed E-state index contributed by atoms with van der Waals surface area (Å²) in [5, 5.41) is 12.4. The van der Waals surface area contributed by atoms with Gasteiger partial charge in [0, 0.05) is 56.9 Å². The molecule has 0 unspecified atom stereocenters. The average molecular weight is 395 g/mol. The van der Waals surface area contributed by atoms with E-state index in [1.165, 1.54) is 24.9 Å². The predicted octanol–water partition coefficient (Wildman–Crippen LogP) is 2.39. The van der Waals surface area contributed by atoms with E-state index in [9.17, 15) is 4.79 Å². The van der Waals surface area contributed by atoms with Gasteiger partial charge in [-0.1, -0.05) is 6.07 Å². The van der Waals surface area contributed by atoms with Crippen molar-refractivity contribution in [3.05, 3.63) is 41.5 Å².